The maximum atomic E-state index is 11.9. The Hall–Kier alpha value is -2.36. The van der Waals surface area contributed by atoms with Crippen molar-refractivity contribution in [3.05, 3.63) is 53.5 Å². The first-order valence-electron chi connectivity index (χ1n) is 5.54. The van der Waals surface area contributed by atoms with Crippen LogP contribution in [0.1, 0.15) is 33.4 Å². The van der Waals surface area contributed by atoms with Crippen molar-refractivity contribution >= 4 is 17.4 Å². The molecule has 0 aliphatic rings. The van der Waals surface area contributed by atoms with Crippen LogP contribution in [-0.2, 0) is 0 Å². The molecule has 0 aliphatic carbocycles. The molecule has 0 spiro atoms. The van der Waals surface area contributed by atoms with Crippen LogP contribution in [-0.4, -0.2) is 11.7 Å². The monoisotopic (exact) mass is 243 g/mol. The second-order valence-corrected chi connectivity index (χ2v) is 4.02. The summed E-state index contributed by atoms with van der Waals surface area (Å²) in [6.45, 7) is 3.28. The van der Waals surface area contributed by atoms with Crippen LogP contribution >= 0.6 is 0 Å². The van der Waals surface area contributed by atoms with Crippen LogP contribution in [0, 0.1) is 6.92 Å². The summed E-state index contributed by atoms with van der Waals surface area (Å²) in [6, 6.07) is 8.51. The van der Waals surface area contributed by atoms with Gasteiger partial charge < -0.3 is 9.73 Å². The molecule has 0 saturated heterocycles. The van der Waals surface area contributed by atoms with Crippen LogP contribution < -0.4 is 5.32 Å². The average molecular weight is 243 g/mol. The van der Waals surface area contributed by atoms with Gasteiger partial charge in [-0.2, -0.15) is 0 Å². The molecule has 0 saturated carbocycles. The van der Waals surface area contributed by atoms with Gasteiger partial charge in [0.15, 0.2) is 11.5 Å². The molecule has 18 heavy (non-hydrogen) atoms. The molecule has 1 amide bonds. The van der Waals surface area contributed by atoms with E-state index in [1.54, 1.807) is 37.3 Å². The molecule has 1 N–H and O–H groups in total. The molecule has 0 bridgehead atoms. The number of anilines is 1. The molecule has 0 radical (unpaired) electrons. The number of rotatable bonds is 3. The maximum absolute atomic E-state index is 11.9. The van der Waals surface area contributed by atoms with Crippen LogP contribution in [0.3, 0.4) is 0 Å². The highest BCUT2D eigenvalue weighted by Crippen LogP contribution is 2.15. The van der Waals surface area contributed by atoms with E-state index in [0.29, 0.717) is 11.3 Å². The van der Waals surface area contributed by atoms with Gasteiger partial charge in [0.2, 0.25) is 0 Å². The lowest BCUT2D eigenvalue weighted by Gasteiger charge is -2.05. The van der Waals surface area contributed by atoms with Gasteiger partial charge in [-0.1, -0.05) is 12.1 Å². The van der Waals surface area contributed by atoms with Gasteiger partial charge in [0.1, 0.15) is 0 Å². The third kappa shape index (κ3) is 2.48. The molecule has 2 rings (SSSR count). The Bertz CT molecular complexity index is 599. The number of amides is 1. The fraction of sp³-hybridized carbons (Fsp3) is 0.143. The number of aryl methyl sites for hydroxylation is 1. The summed E-state index contributed by atoms with van der Waals surface area (Å²) in [4.78, 5) is 23.1. The smallest absolute Gasteiger partial charge is 0.291 e. The highest BCUT2D eigenvalue weighted by molar-refractivity contribution is 6.04. The lowest BCUT2D eigenvalue weighted by Crippen LogP contribution is -2.12. The van der Waals surface area contributed by atoms with Gasteiger partial charge in [-0.3, -0.25) is 9.59 Å². The fourth-order valence-corrected chi connectivity index (χ4v) is 1.61. The zero-order chi connectivity index (χ0) is 13.1. The molecular formula is C14H13NO3. The number of nitrogens with one attached hydrogen (secondary N) is 1. The summed E-state index contributed by atoms with van der Waals surface area (Å²) in [5.74, 6) is -0.0818. The summed E-state index contributed by atoms with van der Waals surface area (Å²) in [5, 5.41) is 2.70. The lowest BCUT2D eigenvalue weighted by atomic mass is 10.1. The fourth-order valence-electron chi connectivity index (χ4n) is 1.61. The van der Waals surface area contributed by atoms with Gasteiger partial charge in [0.25, 0.3) is 5.91 Å². The Labute approximate surface area is 105 Å². The number of hydrogen-bond acceptors (Lipinski definition) is 3. The number of carbonyl (C=O) groups excluding carboxylic acids is 2. The minimum Gasteiger partial charge on any atom is -0.459 e. The standard InChI is InChI=1S/C14H13NO3/c1-9-6-7-18-13(9)14(17)15-12-5-3-4-11(8-12)10(2)16/h3-8H,1-2H3,(H,15,17). The second-order valence-electron chi connectivity index (χ2n) is 4.02. The first-order chi connectivity index (χ1) is 8.58. The molecule has 0 unspecified atom stereocenters. The molecule has 1 heterocycles. The predicted molar refractivity (Wildman–Crippen MR) is 67.8 cm³/mol. The van der Waals surface area contributed by atoms with E-state index in [9.17, 15) is 9.59 Å². The van der Waals surface area contributed by atoms with Gasteiger partial charge in [-0.05, 0) is 32.0 Å². The number of ketones is 1. The summed E-state index contributed by atoms with van der Waals surface area (Å²) in [6.07, 6.45) is 1.47. The molecule has 4 nitrogen and oxygen atoms in total. The minimum absolute atomic E-state index is 0.0414. The van der Waals surface area contributed by atoms with Gasteiger partial charge in [-0.25, -0.2) is 0 Å². The average Bonchev–Trinajstić information content (AvgIpc) is 2.76. The number of benzene rings is 1. The zero-order valence-electron chi connectivity index (χ0n) is 10.2. The Morgan fingerprint density at radius 2 is 2.00 bits per heavy atom. The van der Waals surface area contributed by atoms with Crippen molar-refractivity contribution in [1.82, 2.24) is 0 Å². The maximum Gasteiger partial charge on any atom is 0.291 e. The van der Waals surface area contributed by atoms with Crippen LogP contribution in [0.5, 0.6) is 0 Å². The second kappa shape index (κ2) is 4.87. The number of furan rings is 1. The summed E-state index contributed by atoms with van der Waals surface area (Å²) < 4.78 is 5.10. The third-order valence-electron chi connectivity index (χ3n) is 2.60. The highest BCUT2D eigenvalue weighted by Gasteiger charge is 2.13. The van der Waals surface area contributed by atoms with E-state index in [-0.39, 0.29) is 17.5 Å². The van der Waals surface area contributed by atoms with Gasteiger partial charge >= 0.3 is 0 Å². The Balaban J connectivity index is 2.20. The van der Waals surface area contributed by atoms with E-state index in [1.807, 2.05) is 0 Å². The van der Waals surface area contributed by atoms with E-state index in [1.165, 1.54) is 13.2 Å². The Morgan fingerprint density at radius 3 is 2.61 bits per heavy atom. The van der Waals surface area contributed by atoms with E-state index in [0.717, 1.165) is 5.56 Å². The number of carbonyl (C=O) groups is 2. The molecule has 2 aromatic rings. The largest absolute Gasteiger partial charge is 0.459 e. The SMILES string of the molecule is CC(=O)c1cccc(NC(=O)c2occc2C)c1. The quantitative estimate of drug-likeness (QED) is 0.843. The van der Waals surface area contributed by atoms with Crippen molar-refractivity contribution in [1.29, 1.82) is 0 Å². The third-order valence-corrected chi connectivity index (χ3v) is 2.60. The molecule has 0 atom stereocenters. The van der Waals surface area contributed by atoms with Crippen molar-refractivity contribution in [2.45, 2.75) is 13.8 Å². The van der Waals surface area contributed by atoms with Crippen molar-refractivity contribution in [2.75, 3.05) is 5.32 Å². The van der Waals surface area contributed by atoms with E-state index < -0.39 is 0 Å². The highest BCUT2D eigenvalue weighted by atomic mass is 16.3. The first-order valence-corrected chi connectivity index (χ1v) is 5.54. The van der Waals surface area contributed by atoms with Crippen molar-refractivity contribution in [3.8, 4) is 0 Å². The summed E-state index contributed by atoms with van der Waals surface area (Å²) in [5.41, 5.74) is 1.91. The molecular weight excluding hydrogens is 230 g/mol. The van der Waals surface area contributed by atoms with Crippen molar-refractivity contribution < 1.29 is 14.0 Å². The topological polar surface area (TPSA) is 59.3 Å². The van der Waals surface area contributed by atoms with Crippen molar-refractivity contribution in [3.63, 3.8) is 0 Å². The Kier molecular flexibility index (Phi) is 3.28. The van der Waals surface area contributed by atoms with Crippen molar-refractivity contribution in [2.24, 2.45) is 0 Å². The van der Waals surface area contributed by atoms with Crippen LogP contribution in [0.2, 0.25) is 0 Å². The molecule has 1 aromatic heterocycles. The van der Waals surface area contributed by atoms with Crippen LogP contribution in [0.15, 0.2) is 41.0 Å². The summed E-state index contributed by atoms with van der Waals surface area (Å²) >= 11 is 0. The lowest BCUT2D eigenvalue weighted by molar-refractivity contribution is 0.0991. The zero-order valence-corrected chi connectivity index (χ0v) is 10.2. The van der Waals surface area contributed by atoms with E-state index in [4.69, 9.17) is 4.42 Å². The summed E-state index contributed by atoms with van der Waals surface area (Å²) in [7, 11) is 0. The molecule has 92 valence electrons. The van der Waals surface area contributed by atoms with Gasteiger partial charge in [0, 0.05) is 16.8 Å². The minimum atomic E-state index is -0.321. The number of hydrogen-bond donors (Lipinski definition) is 1. The molecule has 1 aromatic carbocycles. The van der Waals surface area contributed by atoms with E-state index >= 15 is 0 Å². The Morgan fingerprint density at radius 1 is 1.22 bits per heavy atom. The van der Waals surface area contributed by atoms with Gasteiger partial charge in [-0.15, -0.1) is 0 Å². The molecule has 0 aliphatic heterocycles. The van der Waals surface area contributed by atoms with E-state index in [2.05, 4.69) is 5.32 Å². The normalized spacial score (nSPS) is 10.1. The molecule has 0 fully saturated rings. The van der Waals surface area contributed by atoms with Crippen LogP contribution in [0.25, 0.3) is 0 Å². The van der Waals surface area contributed by atoms with Crippen LogP contribution in [0.4, 0.5) is 5.69 Å². The first kappa shape index (κ1) is 12.1. The van der Waals surface area contributed by atoms with Gasteiger partial charge in [0.05, 0.1) is 6.26 Å². The molecule has 4 heteroatoms. The number of Topliss-reactive ketones (excluding diaryl/α,β-unsaturated/α-hetero) is 1. The predicted octanol–water partition coefficient (Wildman–Crippen LogP) is 3.04.